The number of aliphatic hydroxyl groups is 2. The second-order valence-corrected chi connectivity index (χ2v) is 11.2. The molecule has 4 rings (SSSR count). The second kappa shape index (κ2) is 14.0. The van der Waals surface area contributed by atoms with E-state index in [2.05, 4.69) is 10.0 Å². The summed E-state index contributed by atoms with van der Waals surface area (Å²) in [6.07, 6.45) is 0.659. The minimum Gasteiger partial charge on any atom is -0.487 e. The van der Waals surface area contributed by atoms with Crippen molar-refractivity contribution in [2.45, 2.75) is 25.2 Å². The Morgan fingerprint density at radius 2 is 1.48 bits per heavy atom. The van der Waals surface area contributed by atoms with Gasteiger partial charge in [0.15, 0.2) is 0 Å². The first kappa shape index (κ1) is 29.1. The van der Waals surface area contributed by atoms with E-state index in [1.807, 2.05) is 84.9 Å². The van der Waals surface area contributed by atoms with Crippen LogP contribution in [0.25, 0.3) is 0 Å². The maximum atomic E-state index is 12.0. The molecule has 0 amide bonds. The topological polar surface area (TPSA) is 117 Å². The third-order valence-electron chi connectivity index (χ3n) is 6.13. The standard InChI is InChI=1S/C31H34N2O6S/c1-40(36,37)33-29-19-25(14-17-31(29)38-22-24-8-4-2-5-9-24)30(35)20-32-26(21-34)18-23-12-15-28(16-13-23)39-27-10-6-3-7-11-27/h2-17,19,26,30,32-35H,18,20-22H2,1H3/t26-,30-/m0/s1. The van der Waals surface area contributed by atoms with Crippen molar-refractivity contribution >= 4 is 15.7 Å². The summed E-state index contributed by atoms with van der Waals surface area (Å²) >= 11 is 0. The summed E-state index contributed by atoms with van der Waals surface area (Å²) in [5, 5.41) is 24.0. The van der Waals surface area contributed by atoms with Crippen molar-refractivity contribution < 1.29 is 28.1 Å². The number of benzene rings is 4. The Kier molecular flexibility index (Phi) is 10.2. The van der Waals surface area contributed by atoms with Gasteiger partial charge in [0, 0.05) is 12.6 Å². The number of sulfonamides is 1. The number of rotatable bonds is 14. The average Bonchev–Trinajstić information content (AvgIpc) is 2.95. The van der Waals surface area contributed by atoms with E-state index in [1.54, 1.807) is 18.2 Å². The molecule has 4 aromatic carbocycles. The zero-order valence-electron chi connectivity index (χ0n) is 22.2. The largest absolute Gasteiger partial charge is 0.487 e. The zero-order valence-corrected chi connectivity index (χ0v) is 23.1. The summed E-state index contributed by atoms with van der Waals surface area (Å²) in [6.45, 7) is 0.297. The molecule has 0 aliphatic heterocycles. The average molecular weight is 563 g/mol. The summed E-state index contributed by atoms with van der Waals surface area (Å²) in [7, 11) is -3.58. The van der Waals surface area contributed by atoms with E-state index in [-0.39, 0.29) is 31.5 Å². The van der Waals surface area contributed by atoms with Crippen molar-refractivity contribution in [3.8, 4) is 17.2 Å². The fourth-order valence-corrected chi connectivity index (χ4v) is 4.65. The predicted octanol–water partition coefficient (Wildman–Crippen LogP) is 4.66. The molecule has 0 aliphatic rings. The summed E-state index contributed by atoms with van der Waals surface area (Å²) in [6, 6.07) is 31.3. The van der Waals surface area contributed by atoms with Gasteiger partial charge in [-0.3, -0.25) is 4.72 Å². The molecular weight excluding hydrogens is 528 g/mol. The van der Waals surface area contributed by atoms with Gasteiger partial charge in [0.25, 0.3) is 0 Å². The molecule has 0 saturated heterocycles. The lowest BCUT2D eigenvalue weighted by Gasteiger charge is -2.21. The van der Waals surface area contributed by atoms with E-state index in [1.165, 1.54) is 0 Å². The van der Waals surface area contributed by atoms with Crippen LogP contribution < -0.4 is 19.5 Å². The normalized spacial score (nSPS) is 12.9. The zero-order chi connectivity index (χ0) is 28.4. The van der Waals surface area contributed by atoms with Gasteiger partial charge in [-0.05, 0) is 59.5 Å². The molecule has 0 aliphatic carbocycles. The van der Waals surface area contributed by atoms with E-state index in [4.69, 9.17) is 9.47 Å². The number of hydrogen-bond donors (Lipinski definition) is 4. The van der Waals surface area contributed by atoms with Gasteiger partial charge in [-0.15, -0.1) is 0 Å². The molecular formula is C31H34N2O6S. The molecule has 8 nitrogen and oxygen atoms in total. The van der Waals surface area contributed by atoms with Crippen molar-refractivity contribution in [1.29, 1.82) is 0 Å². The van der Waals surface area contributed by atoms with Crippen LogP contribution in [-0.4, -0.2) is 44.1 Å². The Morgan fingerprint density at radius 3 is 2.12 bits per heavy atom. The minimum atomic E-state index is -3.58. The van der Waals surface area contributed by atoms with E-state index in [9.17, 15) is 18.6 Å². The van der Waals surface area contributed by atoms with Gasteiger partial charge in [0.05, 0.1) is 24.7 Å². The molecule has 9 heteroatoms. The molecule has 4 N–H and O–H groups in total. The molecule has 0 spiro atoms. The van der Waals surface area contributed by atoms with Crippen LogP contribution >= 0.6 is 0 Å². The van der Waals surface area contributed by atoms with Gasteiger partial charge in [-0.1, -0.05) is 66.7 Å². The van der Waals surface area contributed by atoms with Crippen LogP contribution in [0.1, 0.15) is 22.8 Å². The lowest BCUT2D eigenvalue weighted by atomic mass is 10.0. The fourth-order valence-electron chi connectivity index (χ4n) is 4.10. The number of anilines is 1. The summed E-state index contributed by atoms with van der Waals surface area (Å²) in [4.78, 5) is 0. The Balaban J connectivity index is 1.36. The molecule has 0 heterocycles. The molecule has 0 aromatic heterocycles. The lowest BCUT2D eigenvalue weighted by molar-refractivity contribution is 0.158. The predicted molar refractivity (Wildman–Crippen MR) is 156 cm³/mol. The monoisotopic (exact) mass is 562 g/mol. The first-order valence-corrected chi connectivity index (χ1v) is 14.8. The van der Waals surface area contributed by atoms with E-state index >= 15 is 0 Å². The molecule has 2 atom stereocenters. The van der Waals surface area contributed by atoms with E-state index < -0.39 is 16.1 Å². The number of para-hydroxylation sites is 1. The highest BCUT2D eigenvalue weighted by molar-refractivity contribution is 7.92. The van der Waals surface area contributed by atoms with Crippen LogP contribution in [0.4, 0.5) is 5.69 Å². The highest BCUT2D eigenvalue weighted by Crippen LogP contribution is 2.30. The number of nitrogens with one attached hydrogen (secondary N) is 2. The molecule has 4 aromatic rings. The van der Waals surface area contributed by atoms with Crippen LogP contribution in [0.2, 0.25) is 0 Å². The van der Waals surface area contributed by atoms with Crippen LogP contribution in [0.5, 0.6) is 17.2 Å². The number of hydrogen-bond acceptors (Lipinski definition) is 7. The number of ether oxygens (including phenoxy) is 2. The Bertz CT molecular complexity index is 1450. The van der Waals surface area contributed by atoms with E-state index in [0.29, 0.717) is 23.5 Å². The highest BCUT2D eigenvalue weighted by Gasteiger charge is 2.17. The first-order chi connectivity index (χ1) is 19.3. The molecule has 0 saturated carbocycles. The summed E-state index contributed by atoms with van der Waals surface area (Å²) in [5.74, 6) is 1.82. The molecule has 0 bridgehead atoms. The molecule has 40 heavy (non-hydrogen) atoms. The van der Waals surface area contributed by atoms with Crippen molar-refractivity contribution in [3.05, 3.63) is 120 Å². The lowest BCUT2D eigenvalue weighted by Crippen LogP contribution is -2.37. The Labute approximate surface area is 235 Å². The van der Waals surface area contributed by atoms with Gasteiger partial charge in [-0.25, -0.2) is 8.42 Å². The van der Waals surface area contributed by atoms with Crippen molar-refractivity contribution in [2.24, 2.45) is 0 Å². The third-order valence-corrected chi connectivity index (χ3v) is 6.72. The van der Waals surface area contributed by atoms with Crippen LogP contribution in [0.3, 0.4) is 0 Å². The van der Waals surface area contributed by atoms with E-state index in [0.717, 1.165) is 23.1 Å². The highest BCUT2D eigenvalue weighted by atomic mass is 32.2. The Morgan fingerprint density at radius 1 is 0.825 bits per heavy atom. The number of aliphatic hydroxyl groups excluding tert-OH is 2. The van der Waals surface area contributed by atoms with Crippen molar-refractivity contribution in [1.82, 2.24) is 5.32 Å². The molecule has 210 valence electrons. The molecule has 0 radical (unpaired) electrons. The van der Waals surface area contributed by atoms with Gasteiger partial charge >= 0.3 is 0 Å². The summed E-state index contributed by atoms with van der Waals surface area (Å²) < 4.78 is 38.1. The molecule has 0 unspecified atom stereocenters. The third kappa shape index (κ3) is 9.10. The maximum absolute atomic E-state index is 12.0. The second-order valence-electron chi connectivity index (χ2n) is 9.47. The Hall–Kier alpha value is -3.89. The minimum absolute atomic E-state index is 0.123. The SMILES string of the molecule is CS(=O)(=O)Nc1cc([C@@H](O)CN[C@H](CO)Cc2ccc(Oc3ccccc3)cc2)ccc1OCc1ccccc1. The smallest absolute Gasteiger partial charge is 0.229 e. The van der Waals surface area contributed by atoms with Crippen molar-refractivity contribution in [2.75, 3.05) is 24.1 Å². The van der Waals surface area contributed by atoms with Gasteiger partial charge in [-0.2, -0.15) is 0 Å². The fraction of sp³-hybridized carbons (Fsp3) is 0.226. The van der Waals surface area contributed by atoms with Gasteiger partial charge in [0.1, 0.15) is 23.9 Å². The molecule has 0 fully saturated rings. The van der Waals surface area contributed by atoms with Crippen LogP contribution in [0, 0.1) is 0 Å². The van der Waals surface area contributed by atoms with Gasteiger partial charge < -0.3 is 25.0 Å². The first-order valence-electron chi connectivity index (χ1n) is 12.9. The summed E-state index contributed by atoms with van der Waals surface area (Å²) in [5.41, 5.74) is 2.69. The quantitative estimate of drug-likeness (QED) is 0.177. The van der Waals surface area contributed by atoms with Crippen molar-refractivity contribution in [3.63, 3.8) is 0 Å². The van der Waals surface area contributed by atoms with Gasteiger partial charge in [0.2, 0.25) is 10.0 Å². The van der Waals surface area contributed by atoms with Crippen LogP contribution in [0.15, 0.2) is 103 Å². The maximum Gasteiger partial charge on any atom is 0.229 e. The van der Waals surface area contributed by atoms with Crippen LogP contribution in [-0.2, 0) is 23.1 Å².